The van der Waals surface area contributed by atoms with Crippen molar-refractivity contribution in [3.63, 3.8) is 0 Å². The maximum atomic E-state index is 12.4. The molecule has 0 radical (unpaired) electrons. The summed E-state index contributed by atoms with van der Waals surface area (Å²) in [6, 6.07) is 9.94. The van der Waals surface area contributed by atoms with Crippen molar-refractivity contribution >= 4 is 17.3 Å². The molecular weight excluding hydrogens is 325 g/mol. The molecule has 1 heterocycles. The average molecular weight is 342 g/mol. The third kappa shape index (κ3) is 5.90. The first-order chi connectivity index (χ1) is 10.9. The van der Waals surface area contributed by atoms with Gasteiger partial charge in [0.05, 0.1) is 5.01 Å². The second-order valence-corrected chi connectivity index (χ2v) is 5.75. The van der Waals surface area contributed by atoms with Crippen LogP contribution in [0.3, 0.4) is 0 Å². The van der Waals surface area contributed by atoms with Crippen molar-refractivity contribution in [3.8, 4) is 0 Å². The van der Waals surface area contributed by atoms with Gasteiger partial charge in [0.25, 0.3) is 0 Å². The molecule has 23 heavy (non-hydrogen) atoms. The van der Waals surface area contributed by atoms with Crippen LogP contribution in [0.4, 0.5) is 13.2 Å². The summed E-state index contributed by atoms with van der Waals surface area (Å²) < 4.78 is 37.3. The molecule has 0 unspecified atom stereocenters. The largest absolute Gasteiger partial charge is 0.434 e. The van der Waals surface area contributed by atoms with Crippen molar-refractivity contribution in [2.45, 2.75) is 19.0 Å². The second-order valence-electron chi connectivity index (χ2n) is 4.80. The number of thiazole rings is 1. The van der Waals surface area contributed by atoms with Gasteiger partial charge in [0, 0.05) is 24.9 Å². The highest BCUT2D eigenvalue weighted by molar-refractivity contribution is 7.09. The minimum Gasteiger partial charge on any atom is -0.370 e. The van der Waals surface area contributed by atoms with Crippen molar-refractivity contribution in [3.05, 3.63) is 52.0 Å². The Balaban J connectivity index is 1.71. The van der Waals surface area contributed by atoms with E-state index >= 15 is 0 Å². The molecule has 3 N–H and O–H groups in total. The van der Waals surface area contributed by atoms with Gasteiger partial charge in [-0.3, -0.25) is 4.99 Å². The van der Waals surface area contributed by atoms with Gasteiger partial charge in [-0.2, -0.15) is 13.2 Å². The molecule has 0 aliphatic rings. The summed E-state index contributed by atoms with van der Waals surface area (Å²) in [5.74, 6) is 0.286. The molecule has 0 fully saturated rings. The lowest BCUT2D eigenvalue weighted by Gasteiger charge is -2.05. The zero-order valence-corrected chi connectivity index (χ0v) is 13.1. The van der Waals surface area contributed by atoms with Crippen LogP contribution in [0.25, 0.3) is 0 Å². The fourth-order valence-corrected chi connectivity index (χ4v) is 2.66. The minimum atomic E-state index is -4.39. The number of alkyl halides is 3. The Morgan fingerprint density at radius 1 is 1.22 bits per heavy atom. The lowest BCUT2D eigenvalue weighted by molar-refractivity contribution is -0.140. The predicted octanol–water partition coefficient (Wildman–Crippen LogP) is 2.85. The standard InChI is InChI=1S/C15H17F3N4S/c16-15(17,18)12-10-23-13(22-12)7-9-21-14(19)20-8-6-11-4-2-1-3-5-11/h1-5,10H,6-9H2,(H3,19,20,21). The van der Waals surface area contributed by atoms with Crippen LogP contribution in [-0.2, 0) is 19.0 Å². The molecule has 124 valence electrons. The summed E-state index contributed by atoms with van der Waals surface area (Å²) in [4.78, 5) is 7.63. The topological polar surface area (TPSA) is 63.3 Å². The van der Waals surface area contributed by atoms with Crippen molar-refractivity contribution in [1.29, 1.82) is 0 Å². The Morgan fingerprint density at radius 3 is 2.61 bits per heavy atom. The number of aliphatic imine (C=N–C) groups is 1. The number of nitrogens with two attached hydrogens (primary N) is 1. The molecule has 2 rings (SSSR count). The number of hydrogen-bond acceptors (Lipinski definition) is 3. The Kier molecular flexibility index (Phi) is 5.97. The highest BCUT2D eigenvalue weighted by Crippen LogP contribution is 2.30. The van der Waals surface area contributed by atoms with Crippen molar-refractivity contribution < 1.29 is 13.2 Å². The van der Waals surface area contributed by atoms with Crippen LogP contribution in [0.1, 0.15) is 16.3 Å². The molecule has 0 amide bonds. The van der Waals surface area contributed by atoms with Gasteiger partial charge in [-0.15, -0.1) is 11.3 Å². The highest BCUT2D eigenvalue weighted by atomic mass is 32.1. The first-order valence-electron chi connectivity index (χ1n) is 7.04. The van der Waals surface area contributed by atoms with Crippen LogP contribution in [0.5, 0.6) is 0 Å². The molecule has 0 atom stereocenters. The quantitative estimate of drug-likeness (QED) is 0.627. The van der Waals surface area contributed by atoms with Gasteiger partial charge in [0.2, 0.25) is 0 Å². The molecule has 1 aromatic heterocycles. The molecule has 0 bridgehead atoms. The van der Waals surface area contributed by atoms with E-state index in [-0.39, 0.29) is 5.96 Å². The summed E-state index contributed by atoms with van der Waals surface area (Å²) in [5.41, 5.74) is 6.06. The third-order valence-electron chi connectivity index (χ3n) is 3.01. The van der Waals surface area contributed by atoms with Crippen molar-refractivity contribution in [2.24, 2.45) is 10.7 Å². The van der Waals surface area contributed by atoms with Crippen LogP contribution in [0, 0.1) is 0 Å². The van der Waals surface area contributed by atoms with E-state index in [4.69, 9.17) is 5.73 Å². The average Bonchev–Trinajstić information content (AvgIpc) is 2.97. The molecule has 0 saturated heterocycles. The summed E-state index contributed by atoms with van der Waals surface area (Å²) >= 11 is 0.982. The van der Waals surface area contributed by atoms with Crippen LogP contribution < -0.4 is 11.1 Å². The van der Waals surface area contributed by atoms with Crippen LogP contribution in [0.15, 0.2) is 40.7 Å². The lowest BCUT2D eigenvalue weighted by Crippen LogP contribution is -2.33. The van der Waals surface area contributed by atoms with Gasteiger partial charge >= 0.3 is 6.18 Å². The van der Waals surface area contributed by atoms with E-state index in [1.807, 2.05) is 30.3 Å². The molecule has 0 aliphatic carbocycles. The molecule has 2 aromatic rings. The summed E-state index contributed by atoms with van der Waals surface area (Å²) in [7, 11) is 0. The van der Waals surface area contributed by atoms with Crippen molar-refractivity contribution in [2.75, 3.05) is 13.1 Å². The van der Waals surface area contributed by atoms with Gasteiger partial charge in [0.1, 0.15) is 0 Å². The Morgan fingerprint density at radius 2 is 1.96 bits per heavy atom. The van der Waals surface area contributed by atoms with Crippen LogP contribution in [0.2, 0.25) is 0 Å². The summed E-state index contributed by atoms with van der Waals surface area (Å²) in [6.07, 6.45) is -3.24. The summed E-state index contributed by atoms with van der Waals surface area (Å²) in [6.45, 7) is 0.948. The van der Waals surface area contributed by atoms with E-state index in [2.05, 4.69) is 15.3 Å². The monoisotopic (exact) mass is 342 g/mol. The molecule has 0 saturated carbocycles. The van der Waals surface area contributed by atoms with E-state index in [0.29, 0.717) is 24.5 Å². The molecule has 4 nitrogen and oxygen atoms in total. The molecular formula is C15H17F3N4S. The first kappa shape index (κ1) is 17.3. The Labute approximate surface area is 136 Å². The van der Waals surface area contributed by atoms with Crippen LogP contribution in [-0.4, -0.2) is 24.0 Å². The minimum absolute atomic E-state index is 0.286. The Hall–Kier alpha value is -2.09. The van der Waals surface area contributed by atoms with E-state index in [1.165, 1.54) is 5.56 Å². The number of hydrogen-bond donors (Lipinski definition) is 2. The predicted molar refractivity (Wildman–Crippen MR) is 85.5 cm³/mol. The fourth-order valence-electron chi connectivity index (χ4n) is 1.86. The maximum absolute atomic E-state index is 12.4. The zero-order chi connectivity index (χ0) is 16.7. The third-order valence-corrected chi connectivity index (χ3v) is 3.92. The number of guanidine groups is 1. The first-order valence-corrected chi connectivity index (χ1v) is 7.92. The molecule has 8 heteroatoms. The van der Waals surface area contributed by atoms with E-state index in [0.717, 1.165) is 23.1 Å². The van der Waals surface area contributed by atoms with E-state index in [1.54, 1.807) is 0 Å². The summed E-state index contributed by atoms with van der Waals surface area (Å²) in [5, 5.41) is 4.39. The normalized spacial score (nSPS) is 12.4. The molecule has 0 spiro atoms. The SMILES string of the molecule is NC(=NCCc1nc(C(F)(F)F)cs1)NCCc1ccccc1. The number of aromatic nitrogens is 1. The maximum Gasteiger partial charge on any atom is 0.434 e. The Bertz CT molecular complexity index is 638. The number of rotatable bonds is 6. The van der Waals surface area contributed by atoms with Crippen LogP contribution >= 0.6 is 11.3 Å². The van der Waals surface area contributed by atoms with Gasteiger partial charge in [-0.1, -0.05) is 30.3 Å². The number of benzene rings is 1. The van der Waals surface area contributed by atoms with Gasteiger partial charge in [-0.05, 0) is 12.0 Å². The van der Waals surface area contributed by atoms with Crippen molar-refractivity contribution in [1.82, 2.24) is 10.3 Å². The van der Waals surface area contributed by atoms with Gasteiger partial charge in [-0.25, -0.2) is 4.98 Å². The number of nitrogens with zero attached hydrogens (tertiary/aromatic N) is 2. The number of halogens is 3. The second kappa shape index (κ2) is 7.96. The molecule has 1 aromatic carbocycles. The lowest BCUT2D eigenvalue weighted by atomic mass is 10.1. The fraction of sp³-hybridized carbons (Fsp3) is 0.333. The van der Waals surface area contributed by atoms with Gasteiger partial charge in [0.15, 0.2) is 11.7 Å². The zero-order valence-electron chi connectivity index (χ0n) is 12.3. The van der Waals surface area contributed by atoms with Gasteiger partial charge < -0.3 is 11.1 Å². The molecule has 0 aliphatic heterocycles. The van der Waals surface area contributed by atoms with E-state index in [9.17, 15) is 13.2 Å². The highest BCUT2D eigenvalue weighted by Gasteiger charge is 2.33. The van der Waals surface area contributed by atoms with E-state index < -0.39 is 11.9 Å². The number of nitrogens with one attached hydrogen (secondary N) is 1. The smallest absolute Gasteiger partial charge is 0.370 e.